The van der Waals surface area contributed by atoms with Crippen LogP contribution in [0.2, 0.25) is 0 Å². The highest BCUT2D eigenvalue weighted by atomic mass is 16.1. The molecule has 1 atom stereocenters. The summed E-state index contributed by atoms with van der Waals surface area (Å²) in [6.45, 7) is 3.60. The fourth-order valence-electron chi connectivity index (χ4n) is 2.55. The van der Waals surface area contributed by atoms with Crippen molar-refractivity contribution < 1.29 is 4.79 Å². The zero-order valence-corrected chi connectivity index (χ0v) is 11.6. The van der Waals surface area contributed by atoms with E-state index in [0.717, 1.165) is 31.0 Å². The second kappa shape index (κ2) is 6.68. The Bertz CT molecular complexity index is 416. The molecular formula is C15H23N3O. The van der Waals surface area contributed by atoms with E-state index in [1.807, 2.05) is 24.3 Å². The average molecular weight is 261 g/mol. The van der Waals surface area contributed by atoms with Crippen molar-refractivity contribution in [1.29, 1.82) is 0 Å². The van der Waals surface area contributed by atoms with Crippen molar-refractivity contribution in [1.82, 2.24) is 10.2 Å². The van der Waals surface area contributed by atoms with E-state index in [0.29, 0.717) is 12.1 Å². The summed E-state index contributed by atoms with van der Waals surface area (Å²) in [5.41, 5.74) is 7.29. The van der Waals surface area contributed by atoms with Gasteiger partial charge in [0.25, 0.3) is 5.91 Å². The van der Waals surface area contributed by atoms with E-state index in [1.54, 1.807) is 0 Å². The van der Waals surface area contributed by atoms with Gasteiger partial charge in [0.15, 0.2) is 0 Å². The lowest BCUT2D eigenvalue weighted by molar-refractivity contribution is 0.0951. The van der Waals surface area contributed by atoms with Crippen LogP contribution in [0.1, 0.15) is 28.8 Å². The first-order valence-electron chi connectivity index (χ1n) is 6.95. The highest BCUT2D eigenvalue weighted by Crippen LogP contribution is 2.17. The van der Waals surface area contributed by atoms with Crippen LogP contribution in [0.4, 0.5) is 0 Å². The topological polar surface area (TPSA) is 58.4 Å². The normalized spacial score (nSPS) is 19.6. The van der Waals surface area contributed by atoms with Crippen LogP contribution in [0, 0.1) is 5.92 Å². The molecule has 1 heterocycles. The number of nitrogens with one attached hydrogen (secondary N) is 1. The maximum absolute atomic E-state index is 11.9. The minimum atomic E-state index is 0.00919. The molecule has 1 unspecified atom stereocenters. The highest BCUT2D eigenvalue weighted by Gasteiger charge is 2.18. The molecule has 0 aromatic heterocycles. The van der Waals surface area contributed by atoms with Crippen LogP contribution in [-0.4, -0.2) is 37.5 Å². The summed E-state index contributed by atoms with van der Waals surface area (Å²) in [5, 5.41) is 2.99. The molecule has 0 aliphatic carbocycles. The standard InChI is InChI=1S/C15H23N3O/c1-18-9-7-13(11-18)6-8-17-15(19)14-4-2-12(10-16)3-5-14/h2-5,13H,6-11,16H2,1H3,(H,17,19). The quantitative estimate of drug-likeness (QED) is 0.838. The number of carbonyl (C=O) groups is 1. The molecule has 4 nitrogen and oxygen atoms in total. The Balaban J connectivity index is 1.74. The van der Waals surface area contributed by atoms with Crippen LogP contribution in [0.25, 0.3) is 0 Å². The molecule has 1 saturated heterocycles. The molecule has 1 aromatic rings. The summed E-state index contributed by atoms with van der Waals surface area (Å²) < 4.78 is 0. The summed E-state index contributed by atoms with van der Waals surface area (Å²) in [4.78, 5) is 14.3. The molecule has 2 rings (SSSR count). The zero-order chi connectivity index (χ0) is 13.7. The van der Waals surface area contributed by atoms with Gasteiger partial charge >= 0.3 is 0 Å². The van der Waals surface area contributed by atoms with Gasteiger partial charge in [0.1, 0.15) is 0 Å². The van der Waals surface area contributed by atoms with E-state index < -0.39 is 0 Å². The number of likely N-dealkylation sites (tertiary alicyclic amines) is 1. The molecule has 104 valence electrons. The monoisotopic (exact) mass is 261 g/mol. The molecular weight excluding hydrogens is 238 g/mol. The molecule has 1 aromatic carbocycles. The summed E-state index contributed by atoms with van der Waals surface area (Å²) in [7, 11) is 2.15. The van der Waals surface area contributed by atoms with Crippen LogP contribution in [-0.2, 0) is 6.54 Å². The van der Waals surface area contributed by atoms with E-state index in [1.165, 1.54) is 13.0 Å². The van der Waals surface area contributed by atoms with Gasteiger partial charge in [0, 0.05) is 25.2 Å². The van der Waals surface area contributed by atoms with Crippen molar-refractivity contribution >= 4 is 5.91 Å². The third-order valence-corrected chi connectivity index (χ3v) is 3.78. The molecule has 1 fully saturated rings. The van der Waals surface area contributed by atoms with Crippen LogP contribution in [0.3, 0.4) is 0 Å². The minimum Gasteiger partial charge on any atom is -0.352 e. The first kappa shape index (κ1) is 14.0. The number of hydrogen-bond donors (Lipinski definition) is 2. The summed E-state index contributed by atoms with van der Waals surface area (Å²) in [6.07, 6.45) is 2.31. The fourth-order valence-corrected chi connectivity index (χ4v) is 2.55. The maximum Gasteiger partial charge on any atom is 0.251 e. The predicted octanol–water partition coefficient (Wildman–Crippen LogP) is 1.22. The molecule has 0 saturated carbocycles. The number of rotatable bonds is 5. The summed E-state index contributed by atoms with van der Waals surface area (Å²) >= 11 is 0. The maximum atomic E-state index is 11.9. The van der Waals surface area contributed by atoms with E-state index >= 15 is 0 Å². The van der Waals surface area contributed by atoms with E-state index in [4.69, 9.17) is 5.73 Å². The van der Waals surface area contributed by atoms with E-state index in [9.17, 15) is 4.79 Å². The third-order valence-electron chi connectivity index (χ3n) is 3.78. The van der Waals surface area contributed by atoms with Crippen molar-refractivity contribution in [3.63, 3.8) is 0 Å². The van der Waals surface area contributed by atoms with E-state index in [2.05, 4.69) is 17.3 Å². The van der Waals surface area contributed by atoms with Crippen molar-refractivity contribution in [2.24, 2.45) is 11.7 Å². The number of nitrogens with zero attached hydrogens (tertiary/aromatic N) is 1. The molecule has 3 N–H and O–H groups in total. The lowest BCUT2D eigenvalue weighted by Crippen LogP contribution is -2.26. The smallest absolute Gasteiger partial charge is 0.251 e. The average Bonchev–Trinajstić information content (AvgIpc) is 2.84. The molecule has 19 heavy (non-hydrogen) atoms. The largest absolute Gasteiger partial charge is 0.352 e. The third kappa shape index (κ3) is 4.04. The molecule has 0 spiro atoms. The molecule has 0 bridgehead atoms. The second-order valence-corrected chi connectivity index (χ2v) is 5.36. The Morgan fingerprint density at radius 3 is 2.74 bits per heavy atom. The molecule has 1 amide bonds. The van der Waals surface area contributed by atoms with Gasteiger partial charge in [0.2, 0.25) is 0 Å². The Labute approximate surface area is 115 Å². The Morgan fingerprint density at radius 1 is 1.42 bits per heavy atom. The number of benzene rings is 1. The van der Waals surface area contributed by atoms with Crippen LogP contribution < -0.4 is 11.1 Å². The van der Waals surface area contributed by atoms with Crippen LogP contribution in [0.15, 0.2) is 24.3 Å². The van der Waals surface area contributed by atoms with Crippen LogP contribution in [0.5, 0.6) is 0 Å². The second-order valence-electron chi connectivity index (χ2n) is 5.36. The SMILES string of the molecule is CN1CCC(CCNC(=O)c2ccc(CN)cc2)C1. The lowest BCUT2D eigenvalue weighted by atomic mass is 10.1. The Morgan fingerprint density at radius 2 is 2.16 bits per heavy atom. The van der Waals surface area contributed by atoms with Gasteiger partial charge in [0.05, 0.1) is 0 Å². The number of nitrogens with two attached hydrogens (primary N) is 1. The first-order valence-corrected chi connectivity index (χ1v) is 6.95. The van der Waals surface area contributed by atoms with Crippen molar-refractivity contribution in [3.8, 4) is 0 Å². The summed E-state index contributed by atoms with van der Waals surface area (Å²) in [6, 6.07) is 7.48. The van der Waals surface area contributed by atoms with Gasteiger partial charge in [-0.2, -0.15) is 0 Å². The zero-order valence-electron chi connectivity index (χ0n) is 11.6. The van der Waals surface area contributed by atoms with Gasteiger partial charge < -0.3 is 16.0 Å². The minimum absolute atomic E-state index is 0.00919. The van der Waals surface area contributed by atoms with Gasteiger partial charge in [-0.1, -0.05) is 12.1 Å². The highest BCUT2D eigenvalue weighted by molar-refractivity contribution is 5.94. The number of hydrogen-bond acceptors (Lipinski definition) is 3. The van der Waals surface area contributed by atoms with Gasteiger partial charge in [-0.05, 0) is 50.0 Å². The predicted molar refractivity (Wildman–Crippen MR) is 76.9 cm³/mol. The Kier molecular flexibility index (Phi) is 4.93. The molecule has 4 heteroatoms. The van der Waals surface area contributed by atoms with Crippen LogP contribution >= 0.6 is 0 Å². The number of carbonyl (C=O) groups excluding carboxylic acids is 1. The van der Waals surface area contributed by atoms with Gasteiger partial charge in [-0.25, -0.2) is 0 Å². The Hall–Kier alpha value is -1.39. The first-order chi connectivity index (χ1) is 9.19. The van der Waals surface area contributed by atoms with Gasteiger partial charge in [-0.3, -0.25) is 4.79 Å². The fraction of sp³-hybridized carbons (Fsp3) is 0.533. The molecule has 1 aliphatic rings. The molecule has 0 radical (unpaired) electrons. The summed E-state index contributed by atoms with van der Waals surface area (Å²) in [5.74, 6) is 0.736. The number of amides is 1. The van der Waals surface area contributed by atoms with Crippen molar-refractivity contribution in [2.45, 2.75) is 19.4 Å². The lowest BCUT2D eigenvalue weighted by Gasteiger charge is -2.11. The van der Waals surface area contributed by atoms with Crippen molar-refractivity contribution in [2.75, 3.05) is 26.7 Å². The van der Waals surface area contributed by atoms with Crippen molar-refractivity contribution in [3.05, 3.63) is 35.4 Å². The van der Waals surface area contributed by atoms with Gasteiger partial charge in [-0.15, -0.1) is 0 Å². The van der Waals surface area contributed by atoms with E-state index in [-0.39, 0.29) is 5.91 Å². The molecule has 1 aliphatic heterocycles.